The number of halogens is 1. The highest BCUT2D eigenvalue weighted by molar-refractivity contribution is 7.92. The van der Waals surface area contributed by atoms with Crippen LogP contribution in [0.2, 0.25) is 0 Å². The molecular weight excluding hydrogens is 310 g/mol. The van der Waals surface area contributed by atoms with Gasteiger partial charge in [0.25, 0.3) is 0 Å². The number of rotatable bonds is 4. The predicted molar refractivity (Wildman–Crippen MR) is 82.9 cm³/mol. The van der Waals surface area contributed by atoms with Gasteiger partial charge in [-0.25, -0.2) is 13.4 Å². The number of nitrogens with zero attached hydrogens (tertiary/aromatic N) is 3. The molecule has 2 aromatic rings. The highest BCUT2D eigenvalue weighted by atomic mass is 35.5. The Balaban J connectivity index is 2.64. The third-order valence-electron chi connectivity index (χ3n) is 3.62. The zero-order valence-corrected chi connectivity index (χ0v) is 13.7. The van der Waals surface area contributed by atoms with Crippen molar-refractivity contribution in [1.29, 1.82) is 5.26 Å². The molecule has 0 saturated heterocycles. The molecule has 21 heavy (non-hydrogen) atoms. The topological polar surface area (TPSA) is 75.8 Å². The van der Waals surface area contributed by atoms with Gasteiger partial charge in [-0.1, -0.05) is 0 Å². The summed E-state index contributed by atoms with van der Waals surface area (Å²) in [5.74, 6) is 0.773. The third-order valence-corrected chi connectivity index (χ3v) is 5.99. The molecule has 0 aliphatic carbocycles. The number of fused-ring (bicyclic) bond motifs is 1. The van der Waals surface area contributed by atoms with Crippen molar-refractivity contribution < 1.29 is 8.42 Å². The molecule has 0 atom stereocenters. The van der Waals surface area contributed by atoms with E-state index in [1.807, 2.05) is 0 Å². The Labute approximate surface area is 129 Å². The van der Waals surface area contributed by atoms with Crippen LogP contribution in [0, 0.1) is 11.3 Å². The molecule has 0 spiro atoms. The van der Waals surface area contributed by atoms with Gasteiger partial charge in [0.1, 0.15) is 5.82 Å². The Kier molecular flexibility index (Phi) is 4.00. The van der Waals surface area contributed by atoms with Gasteiger partial charge in [0.15, 0.2) is 9.84 Å². The number of nitriles is 1. The van der Waals surface area contributed by atoms with Crippen LogP contribution < -0.4 is 0 Å². The van der Waals surface area contributed by atoms with Crippen molar-refractivity contribution in [3.05, 3.63) is 29.6 Å². The lowest BCUT2D eigenvalue weighted by Gasteiger charge is -2.24. The van der Waals surface area contributed by atoms with Crippen molar-refractivity contribution in [2.75, 3.05) is 6.26 Å². The summed E-state index contributed by atoms with van der Waals surface area (Å²) in [4.78, 5) is 4.40. The number of hydrogen-bond acceptors (Lipinski definition) is 4. The first kappa shape index (κ1) is 15.8. The van der Waals surface area contributed by atoms with Crippen molar-refractivity contribution in [2.24, 2.45) is 0 Å². The van der Waals surface area contributed by atoms with Crippen LogP contribution in [-0.2, 0) is 22.3 Å². The minimum Gasteiger partial charge on any atom is -0.325 e. The van der Waals surface area contributed by atoms with Gasteiger partial charge >= 0.3 is 0 Å². The van der Waals surface area contributed by atoms with Crippen molar-refractivity contribution >= 4 is 32.5 Å². The lowest BCUT2D eigenvalue weighted by Crippen LogP contribution is -2.36. The van der Waals surface area contributed by atoms with Crippen LogP contribution >= 0.6 is 11.6 Å². The molecule has 0 radical (unpaired) electrons. The molecule has 2 rings (SSSR count). The van der Waals surface area contributed by atoms with E-state index < -0.39 is 14.6 Å². The van der Waals surface area contributed by atoms with Gasteiger partial charge in [0.05, 0.1) is 33.3 Å². The van der Waals surface area contributed by atoms with Crippen LogP contribution in [0.25, 0.3) is 11.0 Å². The number of sulfone groups is 1. The maximum Gasteiger partial charge on any atom is 0.154 e. The Bertz CT molecular complexity index is 832. The molecule has 0 aliphatic rings. The summed E-state index contributed by atoms with van der Waals surface area (Å²) in [6.07, 6.45) is 1.22. The number of hydrogen-bond donors (Lipinski definition) is 0. The summed E-state index contributed by atoms with van der Waals surface area (Å²) < 4.78 is 24.7. The molecule has 1 heterocycles. The van der Waals surface area contributed by atoms with E-state index >= 15 is 0 Å². The van der Waals surface area contributed by atoms with Crippen LogP contribution in [0.4, 0.5) is 0 Å². The van der Waals surface area contributed by atoms with E-state index in [1.54, 1.807) is 36.6 Å². The van der Waals surface area contributed by atoms with Gasteiger partial charge in [0, 0.05) is 12.8 Å². The molecule has 112 valence electrons. The van der Waals surface area contributed by atoms with E-state index in [9.17, 15) is 8.42 Å². The summed E-state index contributed by atoms with van der Waals surface area (Å²) in [7, 11) is -3.24. The Hall–Kier alpha value is -1.58. The monoisotopic (exact) mass is 325 g/mol. The number of imidazole rings is 1. The van der Waals surface area contributed by atoms with E-state index in [2.05, 4.69) is 11.1 Å². The number of alkyl halides is 1. The van der Waals surface area contributed by atoms with E-state index in [0.717, 1.165) is 5.52 Å². The summed E-state index contributed by atoms with van der Waals surface area (Å²) >= 11 is 5.92. The molecule has 0 fully saturated rings. The molecule has 1 aromatic carbocycles. The van der Waals surface area contributed by atoms with Crippen LogP contribution in [0.1, 0.15) is 25.2 Å². The second-order valence-electron chi connectivity index (χ2n) is 5.59. The second kappa shape index (κ2) is 5.32. The fraction of sp³-hybridized carbons (Fsp3) is 0.429. The largest absolute Gasteiger partial charge is 0.325 e. The van der Waals surface area contributed by atoms with Crippen molar-refractivity contribution in [2.45, 2.75) is 31.0 Å². The molecule has 0 aliphatic heterocycles. The third kappa shape index (κ3) is 2.89. The fourth-order valence-electron chi connectivity index (χ4n) is 2.02. The number of aromatic nitrogens is 2. The fourth-order valence-corrected chi connectivity index (χ4v) is 2.59. The average Bonchev–Trinajstić information content (AvgIpc) is 2.74. The molecule has 0 amide bonds. The molecule has 0 bridgehead atoms. The maximum absolute atomic E-state index is 11.9. The summed E-state index contributed by atoms with van der Waals surface area (Å²) in [6.45, 7) is 3.57. The average molecular weight is 326 g/mol. The molecule has 0 saturated carbocycles. The highest BCUT2D eigenvalue weighted by Crippen LogP contribution is 2.25. The first-order valence-corrected chi connectivity index (χ1v) is 8.77. The second-order valence-corrected chi connectivity index (χ2v) is 8.51. The van der Waals surface area contributed by atoms with Crippen LogP contribution in [0.15, 0.2) is 18.2 Å². The van der Waals surface area contributed by atoms with Gasteiger partial charge in [-0.15, -0.1) is 11.6 Å². The highest BCUT2D eigenvalue weighted by Gasteiger charge is 2.32. The lowest BCUT2D eigenvalue weighted by atomic mass is 10.2. The minimum absolute atomic E-state index is 0.177. The van der Waals surface area contributed by atoms with Crippen molar-refractivity contribution in [1.82, 2.24) is 9.55 Å². The van der Waals surface area contributed by atoms with Crippen LogP contribution in [-0.4, -0.2) is 29.0 Å². The maximum atomic E-state index is 11.9. The van der Waals surface area contributed by atoms with Crippen molar-refractivity contribution in [3.8, 4) is 6.07 Å². The molecule has 0 N–H and O–H groups in total. The first-order chi connectivity index (χ1) is 9.69. The van der Waals surface area contributed by atoms with Crippen LogP contribution in [0.3, 0.4) is 0 Å². The van der Waals surface area contributed by atoms with Crippen LogP contribution in [0.5, 0.6) is 0 Å². The van der Waals surface area contributed by atoms with E-state index in [0.29, 0.717) is 16.9 Å². The standard InChI is InChI=1S/C14H16ClN3O2S/c1-14(2,21(3,19)20)9-18-12-6-10(8-16)4-5-11(12)17-13(18)7-15/h4-6H,7,9H2,1-3H3. The smallest absolute Gasteiger partial charge is 0.154 e. The molecular formula is C14H16ClN3O2S. The number of benzene rings is 1. The van der Waals surface area contributed by atoms with E-state index in [1.165, 1.54) is 6.26 Å². The minimum atomic E-state index is -3.24. The summed E-state index contributed by atoms with van der Waals surface area (Å²) in [5, 5.41) is 9.01. The summed E-state index contributed by atoms with van der Waals surface area (Å²) in [6, 6.07) is 7.20. The zero-order chi connectivity index (χ0) is 15.8. The normalized spacial score (nSPS) is 12.5. The Morgan fingerprint density at radius 3 is 2.62 bits per heavy atom. The SMILES string of the molecule is CC(C)(Cn1c(CCl)nc2ccc(C#N)cc21)S(C)(=O)=O. The van der Waals surface area contributed by atoms with Gasteiger partial charge in [-0.05, 0) is 32.0 Å². The summed E-state index contributed by atoms with van der Waals surface area (Å²) in [5.41, 5.74) is 1.93. The molecule has 1 aromatic heterocycles. The predicted octanol–water partition coefficient (Wildman–Crippen LogP) is 2.47. The lowest BCUT2D eigenvalue weighted by molar-refractivity contribution is 0.503. The Morgan fingerprint density at radius 2 is 2.10 bits per heavy atom. The first-order valence-electron chi connectivity index (χ1n) is 6.34. The molecule has 0 unspecified atom stereocenters. The van der Waals surface area contributed by atoms with Gasteiger partial charge in [-0.2, -0.15) is 5.26 Å². The van der Waals surface area contributed by atoms with Gasteiger partial charge in [0.2, 0.25) is 0 Å². The Morgan fingerprint density at radius 1 is 1.43 bits per heavy atom. The molecule has 7 heteroatoms. The zero-order valence-electron chi connectivity index (χ0n) is 12.1. The van der Waals surface area contributed by atoms with Crippen molar-refractivity contribution in [3.63, 3.8) is 0 Å². The van der Waals surface area contributed by atoms with Gasteiger partial charge < -0.3 is 4.57 Å². The van der Waals surface area contributed by atoms with E-state index in [4.69, 9.17) is 16.9 Å². The van der Waals surface area contributed by atoms with Gasteiger partial charge in [-0.3, -0.25) is 0 Å². The molecule has 5 nitrogen and oxygen atoms in total. The van der Waals surface area contributed by atoms with E-state index in [-0.39, 0.29) is 12.4 Å². The quantitative estimate of drug-likeness (QED) is 0.809.